The fourth-order valence-corrected chi connectivity index (χ4v) is 4.18. The molecule has 1 aliphatic rings. The lowest BCUT2D eigenvalue weighted by Gasteiger charge is -2.12. The number of aromatic amines is 1. The molecule has 0 spiro atoms. The Morgan fingerprint density at radius 3 is 2.59 bits per heavy atom. The number of allylic oxidation sites excluding steroid dienone is 1. The predicted octanol–water partition coefficient (Wildman–Crippen LogP) is 1.99. The van der Waals surface area contributed by atoms with Crippen LogP contribution in [0, 0.1) is 10.6 Å². The van der Waals surface area contributed by atoms with Gasteiger partial charge in [-0.1, -0.05) is 30.3 Å². The van der Waals surface area contributed by atoms with Crippen LogP contribution in [0.2, 0.25) is 0 Å². The van der Waals surface area contributed by atoms with Crippen molar-refractivity contribution in [2.24, 2.45) is 4.99 Å². The molecule has 0 bridgehead atoms. The molecule has 9 nitrogen and oxygen atoms in total. The van der Waals surface area contributed by atoms with E-state index in [4.69, 9.17) is 17.3 Å². The van der Waals surface area contributed by atoms with Crippen molar-refractivity contribution in [2.75, 3.05) is 6.54 Å². The lowest BCUT2D eigenvalue weighted by Crippen LogP contribution is -2.27. The number of carboxylic acid groups (broad SMARTS) is 1. The summed E-state index contributed by atoms with van der Waals surface area (Å²) in [6.07, 6.45) is 1.44. The highest BCUT2D eigenvalue weighted by Crippen LogP contribution is 2.24. The summed E-state index contributed by atoms with van der Waals surface area (Å²) in [5.74, 6) is -2.19. The zero-order chi connectivity index (χ0) is 26.5. The molecule has 4 N–H and O–H groups in total. The number of aromatic hydroxyl groups is 1. The number of halogens is 1. The molecule has 2 heterocycles. The number of nitrogens with one attached hydrogen (secondary N) is 2. The molecule has 0 aliphatic carbocycles. The van der Waals surface area contributed by atoms with E-state index in [9.17, 15) is 23.9 Å². The van der Waals surface area contributed by atoms with E-state index < -0.39 is 17.3 Å². The van der Waals surface area contributed by atoms with E-state index in [1.165, 1.54) is 22.8 Å². The van der Waals surface area contributed by atoms with Gasteiger partial charge in [0.2, 0.25) is 11.8 Å². The van der Waals surface area contributed by atoms with E-state index in [1.54, 1.807) is 12.1 Å². The standard InChI is InChI=1S/C26H23FN4O5S/c27-16-7-5-15(6-8-16)14-31-25(36)19(24(35)30-26(31)37)13-21-18(17-3-1-2-4-20(17)29-21)11-12-28-22(32)9-10-23(33)34/h1-8,13,36H,9-12,14H2,(H,28,32)(H,33,34)(H,30,35,37). The van der Waals surface area contributed by atoms with Crippen LogP contribution in [0.1, 0.15) is 30.4 Å². The Labute approximate surface area is 215 Å². The topological polar surface area (TPSA) is 137 Å². The lowest BCUT2D eigenvalue weighted by atomic mass is 10.1. The van der Waals surface area contributed by atoms with Gasteiger partial charge in [0.05, 0.1) is 24.0 Å². The summed E-state index contributed by atoms with van der Waals surface area (Å²) in [7, 11) is 0. The Kier molecular flexibility index (Phi) is 7.73. The number of H-pyrrole nitrogens is 1. The zero-order valence-corrected chi connectivity index (χ0v) is 20.3. The Balaban J connectivity index is 1.66. The van der Waals surface area contributed by atoms with Gasteiger partial charge >= 0.3 is 5.97 Å². The molecule has 0 unspecified atom stereocenters. The number of fused-ring (bicyclic) bond motifs is 1. The second-order valence-electron chi connectivity index (χ2n) is 8.34. The molecular formula is C26H23FN4O5S. The van der Waals surface area contributed by atoms with Gasteiger partial charge in [-0.2, -0.15) is 0 Å². The second-order valence-corrected chi connectivity index (χ2v) is 8.73. The molecule has 1 amide bonds. The number of amides is 1. The maximum Gasteiger partial charge on any atom is 0.303 e. The number of benzene rings is 2. The summed E-state index contributed by atoms with van der Waals surface area (Å²) in [5.41, 5.74) is 1.21. The monoisotopic (exact) mass is 522 g/mol. The number of carbonyl (C=O) groups excluding carboxylic acids is 1. The minimum atomic E-state index is -1.05. The molecule has 3 aromatic rings. The molecule has 190 valence electrons. The van der Waals surface area contributed by atoms with Gasteiger partial charge in [0.1, 0.15) is 11.4 Å². The molecular weight excluding hydrogens is 499 g/mol. The number of carbonyl (C=O) groups is 2. The number of hydrogen-bond acceptors (Lipinski definition) is 6. The first kappa shape index (κ1) is 25.7. The van der Waals surface area contributed by atoms with Crippen LogP contribution in [0.15, 0.2) is 64.0 Å². The summed E-state index contributed by atoms with van der Waals surface area (Å²) in [6.45, 7) is 0.335. The number of carboxylic acids is 1. The van der Waals surface area contributed by atoms with E-state index >= 15 is 0 Å². The molecule has 0 fully saturated rings. The fraction of sp³-hybridized carbons (Fsp3) is 0.192. The Bertz CT molecular complexity index is 1640. The van der Waals surface area contributed by atoms with Crippen LogP contribution in [-0.4, -0.2) is 38.2 Å². The van der Waals surface area contributed by atoms with E-state index in [0.717, 1.165) is 10.8 Å². The van der Waals surface area contributed by atoms with Crippen molar-refractivity contribution in [1.29, 1.82) is 0 Å². The highest BCUT2D eigenvalue weighted by molar-refractivity contribution is 7.71. The van der Waals surface area contributed by atoms with Crippen molar-refractivity contribution in [3.63, 3.8) is 0 Å². The third kappa shape index (κ3) is 6.07. The molecule has 1 aliphatic heterocycles. The number of aromatic nitrogens is 2. The summed E-state index contributed by atoms with van der Waals surface area (Å²) < 4.78 is 14.6. The number of rotatable bonds is 9. The summed E-state index contributed by atoms with van der Waals surface area (Å²) in [5, 5.41) is 23.9. The average molecular weight is 523 g/mol. The molecule has 0 saturated carbocycles. The molecule has 0 radical (unpaired) electrons. The fourth-order valence-electron chi connectivity index (χ4n) is 3.94. The van der Waals surface area contributed by atoms with Crippen molar-refractivity contribution >= 4 is 35.7 Å². The summed E-state index contributed by atoms with van der Waals surface area (Å²) >= 11 is 5.24. The highest BCUT2D eigenvalue weighted by Gasteiger charge is 2.18. The molecule has 2 aromatic carbocycles. The molecule has 37 heavy (non-hydrogen) atoms. The highest BCUT2D eigenvalue weighted by atomic mass is 32.1. The Hall–Kier alpha value is -4.38. The maximum absolute atomic E-state index is 13.3. The first-order valence-electron chi connectivity index (χ1n) is 11.4. The predicted molar refractivity (Wildman–Crippen MR) is 136 cm³/mol. The van der Waals surface area contributed by atoms with Gasteiger partial charge in [0.25, 0.3) is 5.56 Å². The average Bonchev–Trinajstić information content (AvgIpc) is 3.21. The van der Waals surface area contributed by atoms with Gasteiger partial charge in [0, 0.05) is 18.2 Å². The summed E-state index contributed by atoms with van der Waals surface area (Å²) in [4.78, 5) is 42.5. The van der Waals surface area contributed by atoms with Gasteiger partial charge in [-0.15, -0.1) is 0 Å². The lowest BCUT2D eigenvalue weighted by molar-refractivity contribution is -0.138. The molecule has 0 atom stereocenters. The van der Waals surface area contributed by atoms with E-state index in [1.807, 2.05) is 24.3 Å². The second kappa shape index (κ2) is 11.1. The van der Waals surface area contributed by atoms with Gasteiger partial charge in [-0.05, 0) is 54.1 Å². The van der Waals surface area contributed by atoms with Gasteiger partial charge in [-0.3, -0.25) is 23.9 Å². The van der Waals surface area contributed by atoms with Crippen LogP contribution in [-0.2, 0) is 16.1 Å². The van der Waals surface area contributed by atoms with Crippen LogP contribution in [0.3, 0.4) is 0 Å². The number of para-hydroxylation sites is 1. The van der Waals surface area contributed by atoms with Crippen molar-refractivity contribution in [3.8, 4) is 5.88 Å². The van der Waals surface area contributed by atoms with Crippen molar-refractivity contribution in [3.05, 3.63) is 96.9 Å². The third-order valence-corrected chi connectivity index (χ3v) is 6.11. The quantitative estimate of drug-likeness (QED) is 0.317. The first-order chi connectivity index (χ1) is 17.7. The molecule has 0 saturated heterocycles. The van der Waals surface area contributed by atoms with Crippen molar-refractivity contribution in [2.45, 2.75) is 25.8 Å². The van der Waals surface area contributed by atoms with Crippen LogP contribution >= 0.6 is 12.2 Å². The van der Waals surface area contributed by atoms with E-state index in [-0.39, 0.29) is 48.1 Å². The molecule has 1 aromatic heterocycles. The van der Waals surface area contributed by atoms with Gasteiger partial charge < -0.3 is 15.5 Å². The smallest absolute Gasteiger partial charge is 0.303 e. The molecule has 11 heteroatoms. The van der Waals surface area contributed by atoms with Gasteiger partial charge in [0.15, 0.2) is 4.77 Å². The minimum Gasteiger partial charge on any atom is -0.494 e. The van der Waals surface area contributed by atoms with Crippen molar-refractivity contribution < 1.29 is 24.2 Å². The molecule has 4 rings (SSSR count). The minimum absolute atomic E-state index is 0.00824. The Morgan fingerprint density at radius 2 is 1.86 bits per heavy atom. The normalized spacial score (nSPS) is 13.3. The van der Waals surface area contributed by atoms with Crippen LogP contribution in [0.4, 0.5) is 4.39 Å². The van der Waals surface area contributed by atoms with Crippen molar-refractivity contribution in [1.82, 2.24) is 14.9 Å². The maximum atomic E-state index is 13.3. The Morgan fingerprint density at radius 1 is 1.14 bits per heavy atom. The van der Waals surface area contributed by atoms with E-state index in [0.29, 0.717) is 23.0 Å². The number of hydrogen-bond donors (Lipinski definition) is 4. The van der Waals surface area contributed by atoms with Crippen LogP contribution in [0.5, 0.6) is 5.88 Å². The third-order valence-electron chi connectivity index (χ3n) is 5.78. The van der Waals surface area contributed by atoms with Crippen LogP contribution in [0.25, 0.3) is 11.6 Å². The van der Waals surface area contributed by atoms with Crippen LogP contribution < -0.4 is 21.5 Å². The summed E-state index contributed by atoms with van der Waals surface area (Å²) in [6, 6.07) is 13.0. The SMILES string of the molecule is O=C(O)CCC(=O)NCCC1=c2ccccc2=NC1=Cc1c(O)n(Cc2ccc(F)cc2)c(=S)[nH]c1=O. The first-order valence-corrected chi connectivity index (χ1v) is 11.8. The van der Waals surface area contributed by atoms with Gasteiger partial charge in [-0.25, -0.2) is 9.38 Å². The van der Waals surface area contributed by atoms with E-state index in [2.05, 4.69) is 15.3 Å². The number of nitrogens with zero attached hydrogens (tertiary/aromatic N) is 2. The largest absolute Gasteiger partial charge is 0.494 e. The zero-order valence-electron chi connectivity index (χ0n) is 19.5. The number of aliphatic carboxylic acids is 1.